The summed E-state index contributed by atoms with van der Waals surface area (Å²) in [7, 11) is 1.69. The number of H-pyrrole nitrogens is 1. The highest BCUT2D eigenvalue weighted by Gasteiger charge is 2.23. The second-order valence-electron chi connectivity index (χ2n) is 5.54. The first-order valence-electron chi connectivity index (χ1n) is 8.42. The summed E-state index contributed by atoms with van der Waals surface area (Å²) in [6.45, 7) is 5.96. The molecule has 1 heterocycles. The molecule has 0 spiro atoms. The Bertz CT molecular complexity index is 667. The van der Waals surface area contributed by atoms with Crippen LogP contribution >= 0.6 is 12.2 Å². The van der Waals surface area contributed by atoms with Crippen molar-refractivity contribution in [3.05, 3.63) is 54.4 Å². The summed E-state index contributed by atoms with van der Waals surface area (Å²) in [5, 5.41) is 3.95. The van der Waals surface area contributed by atoms with E-state index in [2.05, 4.69) is 28.2 Å². The van der Waals surface area contributed by atoms with Crippen LogP contribution < -0.4 is 15.0 Å². The molecule has 1 aromatic heterocycles. The first-order chi connectivity index (χ1) is 12.2. The monoisotopic (exact) mass is 360 g/mol. The molecule has 0 radical (unpaired) electrons. The van der Waals surface area contributed by atoms with Gasteiger partial charge in [-0.15, -0.1) is 0 Å². The molecule has 2 rings (SSSR count). The average Bonchev–Trinajstić information content (AvgIpc) is 2.64. The number of anilines is 1. The van der Waals surface area contributed by atoms with E-state index in [0.29, 0.717) is 24.9 Å². The number of para-hydroxylation sites is 2. The lowest BCUT2D eigenvalue weighted by Gasteiger charge is -2.30. The number of ether oxygens (including phenoxy) is 2. The molecule has 0 fully saturated rings. The lowest BCUT2D eigenvalue weighted by Crippen LogP contribution is -2.40. The molecule has 6 heteroatoms. The largest absolute Gasteiger partial charge is 0.492 e. The fraction of sp³-hybridized carbons (Fsp3) is 0.368. The van der Waals surface area contributed by atoms with E-state index in [1.165, 1.54) is 0 Å². The first-order valence-corrected chi connectivity index (χ1v) is 8.83. The smallest absolute Gasteiger partial charge is 0.202 e. The number of pyridine rings is 1. The molecule has 5 nitrogen and oxygen atoms in total. The fourth-order valence-electron chi connectivity index (χ4n) is 2.53. The van der Waals surface area contributed by atoms with Crippen LogP contribution in [0.4, 0.5) is 5.69 Å². The average molecular weight is 361 g/mol. The first kappa shape index (κ1) is 19.1. The molecule has 2 N–H and O–H groups in total. The van der Waals surface area contributed by atoms with Gasteiger partial charge in [0.2, 0.25) is 5.69 Å². The van der Waals surface area contributed by atoms with E-state index in [1.807, 2.05) is 49.5 Å². The van der Waals surface area contributed by atoms with Crippen LogP contribution in [0.5, 0.6) is 5.75 Å². The van der Waals surface area contributed by atoms with Crippen molar-refractivity contribution in [2.75, 3.05) is 32.2 Å². The van der Waals surface area contributed by atoms with Crippen molar-refractivity contribution in [3.63, 3.8) is 0 Å². The van der Waals surface area contributed by atoms with Crippen molar-refractivity contribution in [1.29, 1.82) is 0 Å². The zero-order chi connectivity index (χ0) is 18.1. The van der Waals surface area contributed by atoms with Crippen molar-refractivity contribution in [2.24, 2.45) is 0 Å². The van der Waals surface area contributed by atoms with Gasteiger partial charge in [-0.05, 0) is 38.2 Å². The summed E-state index contributed by atoms with van der Waals surface area (Å²) in [5.41, 5.74) is 1.95. The zero-order valence-electron chi connectivity index (χ0n) is 15.0. The Kier molecular flexibility index (Phi) is 7.63. The van der Waals surface area contributed by atoms with Gasteiger partial charge in [0.05, 0.1) is 18.9 Å². The Balaban J connectivity index is 2.18. The highest BCUT2D eigenvalue weighted by Crippen LogP contribution is 2.25. The van der Waals surface area contributed by atoms with Crippen LogP contribution in [0.15, 0.2) is 48.7 Å². The van der Waals surface area contributed by atoms with Gasteiger partial charge >= 0.3 is 0 Å². The zero-order valence-corrected chi connectivity index (χ0v) is 15.8. The van der Waals surface area contributed by atoms with E-state index in [1.54, 1.807) is 7.11 Å². The SMILES string of the molecule is CCOc1ccccc1NC(=S)N(CCOC)C(C)c1cccc[nH+]1. The van der Waals surface area contributed by atoms with E-state index in [9.17, 15) is 0 Å². The molecule has 0 aliphatic rings. The second-order valence-corrected chi connectivity index (χ2v) is 5.93. The Labute approximate surface area is 155 Å². The maximum atomic E-state index is 5.68. The number of thiocarbonyl (C=S) groups is 1. The van der Waals surface area contributed by atoms with Gasteiger partial charge in [0, 0.05) is 25.8 Å². The maximum Gasteiger partial charge on any atom is 0.202 e. The molecule has 2 aromatic rings. The number of rotatable bonds is 8. The minimum absolute atomic E-state index is 0.0793. The highest BCUT2D eigenvalue weighted by molar-refractivity contribution is 7.80. The number of aromatic amines is 1. The van der Waals surface area contributed by atoms with Crippen LogP contribution in [0.1, 0.15) is 25.6 Å². The topological polar surface area (TPSA) is 47.9 Å². The number of methoxy groups -OCH3 is 1. The maximum absolute atomic E-state index is 5.68. The van der Waals surface area contributed by atoms with Crippen LogP contribution in [-0.2, 0) is 4.74 Å². The Morgan fingerprint density at radius 1 is 1.24 bits per heavy atom. The molecule has 0 saturated carbocycles. The van der Waals surface area contributed by atoms with Gasteiger partial charge in [0.25, 0.3) is 0 Å². The lowest BCUT2D eigenvalue weighted by molar-refractivity contribution is -0.395. The summed E-state index contributed by atoms with van der Waals surface area (Å²) < 4.78 is 10.9. The predicted octanol–water partition coefficient (Wildman–Crippen LogP) is 3.31. The molecule has 1 atom stereocenters. The van der Waals surface area contributed by atoms with Gasteiger partial charge < -0.3 is 19.7 Å². The van der Waals surface area contributed by atoms with Gasteiger partial charge in [-0.25, -0.2) is 4.98 Å². The number of nitrogens with zero attached hydrogens (tertiary/aromatic N) is 1. The molecular weight excluding hydrogens is 334 g/mol. The third-order valence-electron chi connectivity index (χ3n) is 3.88. The summed E-state index contributed by atoms with van der Waals surface area (Å²) in [6, 6.07) is 13.9. The molecule has 25 heavy (non-hydrogen) atoms. The van der Waals surface area contributed by atoms with Crippen molar-refractivity contribution < 1.29 is 14.5 Å². The minimum atomic E-state index is 0.0793. The Hall–Kier alpha value is -2.18. The third-order valence-corrected chi connectivity index (χ3v) is 4.21. The summed E-state index contributed by atoms with van der Waals surface area (Å²) in [4.78, 5) is 5.39. The minimum Gasteiger partial charge on any atom is -0.492 e. The molecule has 0 aliphatic heterocycles. The van der Waals surface area contributed by atoms with Crippen LogP contribution in [0.2, 0.25) is 0 Å². The van der Waals surface area contributed by atoms with Crippen molar-refractivity contribution in [2.45, 2.75) is 19.9 Å². The molecule has 0 bridgehead atoms. The van der Waals surface area contributed by atoms with Gasteiger partial charge in [0.1, 0.15) is 11.8 Å². The van der Waals surface area contributed by atoms with Gasteiger partial charge in [-0.2, -0.15) is 0 Å². The van der Waals surface area contributed by atoms with Crippen LogP contribution in [0.25, 0.3) is 0 Å². The number of aromatic nitrogens is 1. The predicted molar refractivity (Wildman–Crippen MR) is 104 cm³/mol. The van der Waals surface area contributed by atoms with E-state index in [0.717, 1.165) is 17.1 Å². The van der Waals surface area contributed by atoms with Gasteiger partial charge in [-0.1, -0.05) is 18.2 Å². The summed E-state index contributed by atoms with van der Waals surface area (Å²) >= 11 is 5.68. The van der Waals surface area contributed by atoms with Crippen LogP contribution in [-0.4, -0.2) is 36.9 Å². The third kappa shape index (κ3) is 5.41. The van der Waals surface area contributed by atoms with Crippen LogP contribution in [0.3, 0.4) is 0 Å². The number of hydrogen-bond donors (Lipinski definition) is 1. The van der Waals surface area contributed by atoms with Crippen molar-refractivity contribution in [1.82, 2.24) is 4.90 Å². The standard InChI is InChI=1S/C19H25N3O2S/c1-4-24-18-11-6-5-10-17(18)21-19(25)22(13-14-23-3)15(2)16-9-7-8-12-20-16/h5-12,15H,4,13-14H2,1-3H3,(H,21,25)/p+1. The summed E-state index contributed by atoms with van der Waals surface area (Å²) in [6.07, 6.45) is 1.92. The van der Waals surface area contributed by atoms with Gasteiger partial charge in [0.15, 0.2) is 11.3 Å². The van der Waals surface area contributed by atoms with E-state index in [4.69, 9.17) is 21.7 Å². The highest BCUT2D eigenvalue weighted by atomic mass is 32.1. The van der Waals surface area contributed by atoms with Crippen molar-refractivity contribution in [3.8, 4) is 5.75 Å². The molecule has 1 aromatic carbocycles. The molecule has 0 amide bonds. The number of benzene rings is 1. The fourth-order valence-corrected chi connectivity index (χ4v) is 2.89. The normalized spacial score (nSPS) is 11.6. The molecule has 134 valence electrons. The Morgan fingerprint density at radius 3 is 2.68 bits per heavy atom. The van der Waals surface area contributed by atoms with Gasteiger partial charge in [-0.3, -0.25) is 0 Å². The Morgan fingerprint density at radius 2 is 2.00 bits per heavy atom. The second kappa shape index (κ2) is 9.96. The molecule has 0 aliphatic carbocycles. The lowest BCUT2D eigenvalue weighted by atomic mass is 10.2. The van der Waals surface area contributed by atoms with E-state index < -0.39 is 0 Å². The molecule has 0 saturated heterocycles. The van der Waals surface area contributed by atoms with E-state index in [-0.39, 0.29) is 6.04 Å². The number of hydrogen-bond acceptors (Lipinski definition) is 3. The van der Waals surface area contributed by atoms with Crippen molar-refractivity contribution >= 4 is 23.0 Å². The van der Waals surface area contributed by atoms with Crippen LogP contribution in [0, 0.1) is 0 Å². The summed E-state index contributed by atoms with van der Waals surface area (Å²) in [5.74, 6) is 0.790. The van der Waals surface area contributed by atoms with E-state index >= 15 is 0 Å². The quantitative estimate of drug-likeness (QED) is 0.732. The number of nitrogens with one attached hydrogen (secondary N) is 2. The molecule has 1 unspecified atom stereocenters. The molecular formula is C19H26N3O2S+.